The van der Waals surface area contributed by atoms with Crippen molar-refractivity contribution in [2.75, 3.05) is 19.7 Å². The van der Waals surface area contributed by atoms with Gasteiger partial charge in [-0.2, -0.15) is 0 Å². The molecule has 1 aliphatic heterocycles. The van der Waals surface area contributed by atoms with Gasteiger partial charge in [-0.15, -0.1) is 0 Å². The van der Waals surface area contributed by atoms with Crippen LogP contribution in [0.1, 0.15) is 23.1 Å². The van der Waals surface area contributed by atoms with Gasteiger partial charge in [0.2, 0.25) is 0 Å². The molecule has 1 fully saturated rings. The Morgan fingerprint density at radius 1 is 1.20 bits per heavy atom. The predicted molar refractivity (Wildman–Crippen MR) is 75.0 cm³/mol. The van der Waals surface area contributed by atoms with Gasteiger partial charge in [-0.25, -0.2) is 4.39 Å². The number of nitrogens with one attached hydrogen (secondary N) is 1. The summed E-state index contributed by atoms with van der Waals surface area (Å²) in [6, 6.07) is 12.7. The van der Waals surface area contributed by atoms with Crippen LogP contribution in [-0.4, -0.2) is 24.7 Å². The molecule has 20 heavy (non-hydrogen) atoms. The minimum absolute atomic E-state index is 0.00989. The van der Waals surface area contributed by atoms with E-state index >= 15 is 0 Å². The van der Waals surface area contributed by atoms with E-state index in [2.05, 4.69) is 10.3 Å². The highest BCUT2D eigenvalue weighted by Gasteiger charge is 2.17. The highest BCUT2D eigenvalue weighted by Crippen LogP contribution is 2.18. The van der Waals surface area contributed by atoms with E-state index in [0.29, 0.717) is 18.6 Å². The SMILES string of the molecule is Fc1ccccc1Cc1cccc([C@H]2CNCCO2)n1. The maximum Gasteiger partial charge on any atom is 0.126 e. The van der Waals surface area contributed by atoms with Gasteiger partial charge in [0.1, 0.15) is 11.9 Å². The topological polar surface area (TPSA) is 34.1 Å². The number of pyridine rings is 1. The minimum atomic E-state index is -0.185. The summed E-state index contributed by atoms with van der Waals surface area (Å²) >= 11 is 0. The smallest absolute Gasteiger partial charge is 0.126 e. The van der Waals surface area contributed by atoms with Crippen LogP contribution in [0.4, 0.5) is 4.39 Å². The second-order valence-corrected chi connectivity index (χ2v) is 4.89. The van der Waals surface area contributed by atoms with Crippen LogP contribution in [0.25, 0.3) is 0 Å². The Kier molecular flexibility index (Phi) is 4.04. The highest BCUT2D eigenvalue weighted by molar-refractivity contribution is 5.24. The van der Waals surface area contributed by atoms with Gasteiger partial charge in [0.15, 0.2) is 0 Å². The van der Waals surface area contributed by atoms with Crippen molar-refractivity contribution in [3.8, 4) is 0 Å². The number of benzene rings is 1. The summed E-state index contributed by atoms with van der Waals surface area (Å²) in [6.45, 7) is 2.35. The molecular formula is C16H17FN2O. The molecule has 0 unspecified atom stereocenters. The van der Waals surface area contributed by atoms with E-state index in [9.17, 15) is 4.39 Å². The van der Waals surface area contributed by atoms with Crippen LogP contribution in [0, 0.1) is 5.82 Å². The summed E-state index contributed by atoms with van der Waals surface area (Å²) < 4.78 is 19.4. The van der Waals surface area contributed by atoms with Gasteiger partial charge in [0.25, 0.3) is 0 Å². The van der Waals surface area contributed by atoms with Gasteiger partial charge in [0, 0.05) is 25.2 Å². The zero-order valence-electron chi connectivity index (χ0n) is 11.2. The summed E-state index contributed by atoms with van der Waals surface area (Å²) in [5.74, 6) is -0.185. The van der Waals surface area contributed by atoms with Crippen LogP contribution in [0.3, 0.4) is 0 Å². The van der Waals surface area contributed by atoms with Crippen LogP contribution in [0.5, 0.6) is 0 Å². The monoisotopic (exact) mass is 272 g/mol. The van der Waals surface area contributed by atoms with Crippen LogP contribution >= 0.6 is 0 Å². The Balaban J connectivity index is 1.79. The standard InChI is InChI=1S/C16H17FN2O/c17-14-6-2-1-4-12(14)10-13-5-3-7-15(19-13)16-11-18-8-9-20-16/h1-7,16,18H,8-11H2/t16-/m1/s1. The lowest BCUT2D eigenvalue weighted by Gasteiger charge is -2.23. The normalized spacial score (nSPS) is 18.9. The quantitative estimate of drug-likeness (QED) is 0.932. The third-order valence-electron chi connectivity index (χ3n) is 3.42. The number of rotatable bonds is 3. The maximum absolute atomic E-state index is 13.7. The largest absolute Gasteiger partial charge is 0.369 e. The van der Waals surface area contributed by atoms with E-state index < -0.39 is 0 Å². The van der Waals surface area contributed by atoms with Crippen molar-refractivity contribution in [2.24, 2.45) is 0 Å². The molecule has 0 amide bonds. The Morgan fingerprint density at radius 2 is 2.10 bits per heavy atom. The van der Waals surface area contributed by atoms with Crippen molar-refractivity contribution in [1.29, 1.82) is 0 Å². The number of ether oxygens (including phenoxy) is 1. The molecule has 0 radical (unpaired) electrons. The second kappa shape index (κ2) is 6.11. The van der Waals surface area contributed by atoms with Crippen molar-refractivity contribution in [1.82, 2.24) is 10.3 Å². The zero-order valence-corrected chi connectivity index (χ0v) is 11.2. The van der Waals surface area contributed by atoms with Gasteiger partial charge in [0.05, 0.1) is 12.3 Å². The Hall–Kier alpha value is -1.78. The molecule has 0 saturated carbocycles. The fourth-order valence-electron chi connectivity index (χ4n) is 2.37. The Morgan fingerprint density at radius 3 is 2.90 bits per heavy atom. The van der Waals surface area contributed by atoms with Crippen molar-refractivity contribution in [3.05, 3.63) is 65.2 Å². The van der Waals surface area contributed by atoms with E-state index in [0.717, 1.165) is 24.5 Å². The van der Waals surface area contributed by atoms with E-state index in [4.69, 9.17) is 4.74 Å². The molecule has 1 atom stereocenters. The summed E-state index contributed by atoms with van der Waals surface area (Å²) in [7, 11) is 0. The first kappa shape index (κ1) is 13.2. The molecule has 2 heterocycles. The molecule has 104 valence electrons. The molecular weight excluding hydrogens is 255 g/mol. The van der Waals surface area contributed by atoms with Crippen LogP contribution in [-0.2, 0) is 11.2 Å². The Bertz CT molecular complexity index is 582. The van der Waals surface area contributed by atoms with Crippen LogP contribution in [0.2, 0.25) is 0 Å². The summed E-state index contributed by atoms with van der Waals surface area (Å²) in [4.78, 5) is 4.60. The fourth-order valence-corrected chi connectivity index (χ4v) is 2.37. The lowest BCUT2D eigenvalue weighted by molar-refractivity contribution is 0.0249. The van der Waals surface area contributed by atoms with E-state index in [1.54, 1.807) is 12.1 Å². The second-order valence-electron chi connectivity index (χ2n) is 4.89. The molecule has 1 N–H and O–H groups in total. The molecule has 3 nitrogen and oxygen atoms in total. The lowest BCUT2D eigenvalue weighted by atomic mass is 10.1. The first-order chi connectivity index (χ1) is 9.83. The van der Waals surface area contributed by atoms with Crippen molar-refractivity contribution < 1.29 is 9.13 Å². The molecule has 1 aromatic carbocycles. The fraction of sp³-hybridized carbons (Fsp3) is 0.312. The molecule has 1 aromatic heterocycles. The molecule has 0 spiro atoms. The van der Waals surface area contributed by atoms with Gasteiger partial charge < -0.3 is 10.1 Å². The number of hydrogen-bond donors (Lipinski definition) is 1. The molecule has 4 heteroatoms. The number of hydrogen-bond acceptors (Lipinski definition) is 3. The molecule has 3 rings (SSSR count). The predicted octanol–water partition coefficient (Wildman–Crippen LogP) is 2.47. The van der Waals surface area contributed by atoms with Gasteiger partial charge in [-0.1, -0.05) is 24.3 Å². The van der Waals surface area contributed by atoms with E-state index in [-0.39, 0.29) is 11.9 Å². The summed E-state index contributed by atoms with van der Waals surface area (Å²) in [6.07, 6.45) is 0.491. The summed E-state index contributed by atoms with van der Waals surface area (Å²) in [5, 5.41) is 3.29. The van der Waals surface area contributed by atoms with Gasteiger partial charge in [-0.3, -0.25) is 4.98 Å². The molecule has 1 saturated heterocycles. The first-order valence-corrected chi connectivity index (χ1v) is 6.84. The van der Waals surface area contributed by atoms with Crippen molar-refractivity contribution in [3.63, 3.8) is 0 Å². The average Bonchev–Trinajstić information content (AvgIpc) is 2.51. The molecule has 1 aliphatic rings. The number of halogens is 1. The molecule has 0 bridgehead atoms. The van der Waals surface area contributed by atoms with Crippen LogP contribution in [0.15, 0.2) is 42.5 Å². The third kappa shape index (κ3) is 3.03. The van der Waals surface area contributed by atoms with Gasteiger partial charge >= 0.3 is 0 Å². The van der Waals surface area contributed by atoms with Gasteiger partial charge in [-0.05, 0) is 23.8 Å². The average molecular weight is 272 g/mol. The van der Waals surface area contributed by atoms with Crippen molar-refractivity contribution >= 4 is 0 Å². The maximum atomic E-state index is 13.7. The molecule has 0 aliphatic carbocycles. The first-order valence-electron chi connectivity index (χ1n) is 6.84. The van der Waals surface area contributed by atoms with Crippen LogP contribution < -0.4 is 5.32 Å². The molecule has 2 aromatic rings. The minimum Gasteiger partial charge on any atom is -0.369 e. The number of morpholine rings is 1. The highest BCUT2D eigenvalue weighted by atomic mass is 19.1. The third-order valence-corrected chi connectivity index (χ3v) is 3.42. The summed E-state index contributed by atoms with van der Waals surface area (Å²) in [5.41, 5.74) is 2.44. The number of nitrogens with zero attached hydrogens (tertiary/aromatic N) is 1. The Labute approximate surface area is 117 Å². The lowest BCUT2D eigenvalue weighted by Crippen LogP contribution is -2.33. The van der Waals surface area contributed by atoms with E-state index in [1.165, 1.54) is 6.07 Å². The van der Waals surface area contributed by atoms with Crippen molar-refractivity contribution in [2.45, 2.75) is 12.5 Å². The number of aromatic nitrogens is 1. The van der Waals surface area contributed by atoms with E-state index in [1.807, 2.05) is 24.3 Å². The zero-order chi connectivity index (χ0) is 13.8.